The van der Waals surface area contributed by atoms with Crippen molar-refractivity contribution in [2.45, 2.75) is 29.3 Å². The molecule has 1 saturated heterocycles. The van der Waals surface area contributed by atoms with Gasteiger partial charge in [0.2, 0.25) is 8.87 Å². The molecular weight excluding hydrogens is 687 g/mol. The van der Waals surface area contributed by atoms with Gasteiger partial charge in [-0.05, 0) is 42.3 Å². The Morgan fingerprint density at radius 2 is 1.44 bits per heavy atom. The van der Waals surface area contributed by atoms with Gasteiger partial charge in [-0.3, -0.25) is 24.6 Å². The van der Waals surface area contributed by atoms with Crippen molar-refractivity contribution in [2.24, 2.45) is 0 Å². The fourth-order valence-electron chi connectivity index (χ4n) is 4.99. The van der Waals surface area contributed by atoms with Crippen LogP contribution in [-0.2, 0) is 32.7 Å². The van der Waals surface area contributed by atoms with Crippen molar-refractivity contribution < 1.29 is 41.9 Å². The second-order valence-corrected chi connectivity index (χ2v) is 14.7. The second kappa shape index (κ2) is 15.7. The highest BCUT2D eigenvalue weighted by atomic mass is 33.1. The number of β-lactam (4-membered cyclic amide) rings is 1. The molecule has 1 aliphatic heterocycles. The third-order valence-electron chi connectivity index (χ3n) is 7.54. The molecule has 13 nitrogen and oxygen atoms in total. The zero-order chi connectivity index (χ0) is 35.8. The molecule has 0 spiro atoms. The van der Waals surface area contributed by atoms with Crippen LogP contribution in [0.1, 0.15) is 24.2 Å². The first kappa shape index (κ1) is 35.6. The third-order valence-corrected chi connectivity index (χ3v) is 11.2. The lowest BCUT2D eigenvalue weighted by Gasteiger charge is -2.46. The van der Waals surface area contributed by atoms with Crippen LogP contribution in [0, 0.1) is 10.1 Å². The first-order chi connectivity index (χ1) is 24.0. The number of carbonyl (C=O) groups is 3. The van der Waals surface area contributed by atoms with E-state index in [-0.39, 0.29) is 32.8 Å². The van der Waals surface area contributed by atoms with Crippen LogP contribution >= 0.6 is 10.8 Å². The van der Waals surface area contributed by atoms with Crippen molar-refractivity contribution in [3.8, 4) is 5.75 Å². The lowest BCUT2D eigenvalue weighted by molar-refractivity contribution is -0.384. The lowest BCUT2D eigenvalue weighted by atomic mass is 10.0. The Kier molecular flexibility index (Phi) is 11.2. The summed E-state index contributed by atoms with van der Waals surface area (Å²) in [6.07, 6.45) is -0.915. The van der Waals surface area contributed by atoms with Gasteiger partial charge in [-0.1, -0.05) is 78.9 Å². The number of hydrogen-bond acceptors (Lipinski definition) is 11. The van der Waals surface area contributed by atoms with E-state index in [0.29, 0.717) is 16.9 Å². The lowest BCUT2D eigenvalue weighted by Crippen LogP contribution is -2.70. The van der Waals surface area contributed by atoms with Crippen LogP contribution in [0.4, 0.5) is 5.69 Å². The highest BCUT2D eigenvalue weighted by molar-refractivity contribution is 8.72. The summed E-state index contributed by atoms with van der Waals surface area (Å²) in [5, 5.41) is 12.3. The van der Waals surface area contributed by atoms with E-state index in [1.54, 1.807) is 91.0 Å². The highest BCUT2D eigenvalue weighted by Gasteiger charge is 2.55. The Morgan fingerprint density at radius 3 is 1.96 bits per heavy atom. The van der Waals surface area contributed by atoms with Gasteiger partial charge < -0.3 is 19.5 Å². The number of nitrogens with one attached hydrogen (secondary N) is 1. The Hall–Kier alpha value is -5.67. The number of esters is 1. The fraction of sp³-hybridized carbons (Fsp3) is 0.171. The Bertz CT molecular complexity index is 1950. The number of allylic oxidation sites excluding steroid dienone is 1. The molecule has 2 unspecified atom stereocenters. The molecular formula is C35H31N3O10S2. The molecule has 0 aliphatic carbocycles. The minimum absolute atomic E-state index is 0.0567. The Balaban J connectivity index is 1.47. The summed E-state index contributed by atoms with van der Waals surface area (Å²) in [4.78, 5) is 51.9. The number of methoxy groups -OCH3 is 1. The molecule has 1 aliphatic rings. The molecule has 258 valence electrons. The number of amides is 2. The van der Waals surface area contributed by atoms with Gasteiger partial charge in [0.25, 0.3) is 17.5 Å². The normalized spacial score (nSPS) is 16.1. The van der Waals surface area contributed by atoms with Crippen LogP contribution in [0.15, 0.2) is 132 Å². The number of ether oxygens (including phenoxy) is 3. The van der Waals surface area contributed by atoms with E-state index in [2.05, 4.69) is 5.32 Å². The van der Waals surface area contributed by atoms with Gasteiger partial charge in [0, 0.05) is 22.9 Å². The van der Waals surface area contributed by atoms with Crippen molar-refractivity contribution in [2.75, 3.05) is 13.7 Å². The van der Waals surface area contributed by atoms with Crippen LogP contribution in [0.5, 0.6) is 5.75 Å². The maximum absolute atomic E-state index is 14.1. The number of carbonyl (C=O) groups excluding carboxylic acids is 3. The zero-order valence-corrected chi connectivity index (χ0v) is 28.3. The first-order valence-electron chi connectivity index (χ1n) is 15.0. The predicted molar refractivity (Wildman–Crippen MR) is 183 cm³/mol. The van der Waals surface area contributed by atoms with E-state index < -0.39 is 55.7 Å². The van der Waals surface area contributed by atoms with Crippen LogP contribution in [0.3, 0.4) is 0 Å². The van der Waals surface area contributed by atoms with Crippen molar-refractivity contribution in [1.82, 2.24) is 10.2 Å². The smallest absolute Gasteiger partial charge is 0.359 e. The quantitative estimate of drug-likeness (QED) is 0.0356. The summed E-state index contributed by atoms with van der Waals surface area (Å²) in [6, 6.07) is 29.0. The van der Waals surface area contributed by atoms with Crippen LogP contribution in [-0.4, -0.2) is 61.2 Å². The van der Waals surface area contributed by atoms with Gasteiger partial charge in [-0.15, -0.1) is 0 Å². The Labute approximate surface area is 291 Å². The van der Waals surface area contributed by atoms with Crippen molar-refractivity contribution in [3.05, 3.63) is 148 Å². The monoisotopic (exact) mass is 717 g/mol. The summed E-state index contributed by atoms with van der Waals surface area (Å²) < 4.78 is 44.2. The average molecular weight is 718 g/mol. The van der Waals surface area contributed by atoms with Crippen LogP contribution in [0.2, 0.25) is 0 Å². The maximum atomic E-state index is 14.1. The van der Waals surface area contributed by atoms with E-state index in [9.17, 15) is 32.9 Å². The van der Waals surface area contributed by atoms with Crippen molar-refractivity contribution in [1.29, 1.82) is 0 Å². The molecule has 0 bridgehead atoms. The SMILES string of the molecule is CO/C(C)=C(/C(=O)OC(c1ccccc1)c1ccccc1)N1C(=O)C(NC(=O)COc2ccccc2)C1SS(=O)(=O)c1ccc([N+](=O)[O-])cc1. The van der Waals surface area contributed by atoms with Gasteiger partial charge >= 0.3 is 5.97 Å². The predicted octanol–water partition coefficient (Wildman–Crippen LogP) is 4.96. The van der Waals surface area contributed by atoms with Crippen molar-refractivity contribution in [3.63, 3.8) is 0 Å². The largest absolute Gasteiger partial charge is 0.499 e. The van der Waals surface area contributed by atoms with E-state index in [1.807, 2.05) is 0 Å². The topological polar surface area (TPSA) is 171 Å². The number of nitro benzene ring substituents is 1. The van der Waals surface area contributed by atoms with Crippen LogP contribution in [0.25, 0.3) is 0 Å². The minimum atomic E-state index is -4.34. The van der Waals surface area contributed by atoms with Gasteiger partial charge in [-0.2, -0.15) is 0 Å². The Morgan fingerprint density at radius 1 is 0.900 bits per heavy atom. The number of likely N-dealkylation sites (tertiary alicyclic amines) is 1. The second-order valence-electron chi connectivity index (χ2n) is 10.8. The molecule has 0 aromatic heterocycles. The fourth-order valence-corrected chi connectivity index (χ4v) is 8.46. The average Bonchev–Trinajstić information content (AvgIpc) is 3.14. The number of rotatable bonds is 14. The first-order valence-corrected chi connectivity index (χ1v) is 17.9. The van der Waals surface area contributed by atoms with E-state index >= 15 is 0 Å². The van der Waals surface area contributed by atoms with Crippen LogP contribution < -0.4 is 10.1 Å². The molecule has 0 radical (unpaired) electrons. The van der Waals surface area contributed by atoms with E-state index in [0.717, 1.165) is 29.2 Å². The molecule has 4 aromatic carbocycles. The number of benzene rings is 4. The molecule has 4 aromatic rings. The molecule has 1 N–H and O–H groups in total. The minimum Gasteiger partial charge on any atom is -0.499 e. The summed E-state index contributed by atoms with van der Waals surface area (Å²) in [6.45, 7) is 0.925. The number of nitrogens with zero attached hydrogens (tertiary/aromatic N) is 2. The summed E-state index contributed by atoms with van der Waals surface area (Å²) in [7, 11) is -2.80. The number of nitro groups is 1. The summed E-state index contributed by atoms with van der Waals surface area (Å²) >= 11 is 0. The number of para-hydroxylation sites is 1. The number of hydrogen-bond donors (Lipinski definition) is 1. The van der Waals surface area contributed by atoms with E-state index in [1.165, 1.54) is 14.0 Å². The van der Waals surface area contributed by atoms with Crippen molar-refractivity contribution >= 4 is 43.1 Å². The maximum Gasteiger partial charge on any atom is 0.359 e. The number of non-ortho nitro benzene ring substituents is 1. The molecule has 5 rings (SSSR count). The molecule has 15 heteroatoms. The van der Waals surface area contributed by atoms with Gasteiger partial charge in [0.05, 0.1) is 16.9 Å². The molecule has 0 saturated carbocycles. The molecule has 1 fully saturated rings. The summed E-state index contributed by atoms with van der Waals surface area (Å²) in [5.41, 5.74) is 0.558. The molecule has 1 heterocycles. The molecule has 50 heavy (non-hydrogen) atoms. The van der Waals surface area contributed by atoms with Gasteiger partial charge in [0.1, 0.15) is 22.9 Å². The van der Waals surface area contributed by atoms with Gasteiger partial charge in [-0.25, -0.2) is 13.2 Å². The third kappa shape index (κ3) is 8.13. The summed E-state index contributed by atoms with van der Waals surface area (Å²) in [5.74, 6) is -2.20. The molecule has 2 amide bonds. The van der Waals surface area contributed by atoms with Gasteiger partial charge in [0.15, 0.2) is 18.4 Å². The van der Waals surface area contributed by atoms with E-state index in [4.69, 9.17) is 14.2 Å². The highest BCUT2D eigenvalue weighted by Crippen LogP contribution is 2.41. The molecule has 2 atom stereocenters. The standard InChI is InChI=1S/C35H31N3O10S2/c1-23(46-2)31(35(41)48-32(24-12-6-3-7-13-24)25-14-8-4-9-15-25)37-33(40)30(36-29(39)22-47-27-16-10-5-11-17-27)34(37)49-50(44,45)28-20-18-26(19-21-28)38(42)43/h3-21,30,32,34H,22H2,1-2H3,(H,36,39)/b31-23-. The zero-order valence-electron chi connectivity index (χ0n) is 26.7.